The van der Waals surface area contributed by atoms with E-state index in [2.05, 4.69) is 5.10 Å². The third kappa shape index (κ3) is 5.16. The van der Waals surface area contributed by atoms with E-state index in [1.165, 1.54) is 23.1 Å². The van der Waals surface area contributed by atoms with Crippen molar-refractivity contribution in [2.45, 2.75) is 12.7 Å². The molecule has 1 aliphatic heterocycles. The van der Waals surface area contributed by atoms with Crippen molar-refractivity contribution in [3.8, 4) is 5.69 Å². The van der Waals surface area contributed by atoms with Gasteiger partial charge >= 0.3 is 11.9 Å². The smallest absolute Gasteiger partial charge is 0.335 e. The molecule has 1 aromatic heterocycles. The Hall–Kier alpha value is -3.80. The number of carbonyl (C=O) groups excluding carboxylic acids is 1. The standard InChI is InChI=1S/C23H21F4N5O3/c1-29-9-11-30(12-10-29)20(33)19-21(34)31(14-15-5-7-17(24)8-6-15)22(35)32(28-19)18-4-2-3-16(13-18)23(25,26)27/h2-8,13H,9-12,14H2,1H3. The molecule has 1 saturated heterocycles. The average molecular weight is 491 g/mol. The molecule has 0 aliphatic carbocycles. The first-order valence-electron chi connectivity index (χ1n) is 10.7. The summed E-state index contributed by atoms with van der Waals surface area (Å²) < 4.78 is 54.5. The molecule has 0 radical (unpaired) electrons. The van der Waals surface area contributed by atoms with Crippen LogP contribution in [0.5, 0.6) is 0 Å². The number of amides is 1. The summed E-state index contributed by atoms with van der Waals surface area (Å²) in [6.45, 7) is 1.42. The zero-order valence-corrected chi connectivity index (χ0v) is 18.6. The Kier molecular flexibility index (Phi) is 6.57. The maximum Gasteiger partial charge on any atom is 0.416 e. The summed E-state index contributed by atoms with van der Waals surface area (Å²) in [4.78, 5) is 43.0. The minimum absolute atomic E-state index is 0.259. The first-order valence-corrected chi connectivity index (χ1v) is 10.7. The van der Waals surface area contributed by atoms with Gasteiger partial charge in [0.15, 0.2) is 0 Å². The van der Waals surface area contributed by atoms with Crippen molar-refractivity contribution in [2.24, 2.45) is 0 Å². The van der Waals surface area contributed by atoms with Crippen molar-refractivity contribution in [1.82, 2.24) is 24.1 Å². The van der Waals surface area contributed by atoms with Crippen LogP contribution in [0.15, 0.2) is 58.1 Å². The predicted octanol–water partition coefficient (Wildman–Crippen LogP) is 1.99. The molecule has 3 aromatic rings. The summed E-state index contributed by atoms with van der Waals surface area (Å²) in [5.74, 6) is -1.25. The van der Waals surface area contributed by atoms with Gasteiger partial charge in [-0.3, -0.25) is 14.2 Å². The van der Waals surface area contributed by atoms with E-state index in [1.54, 1.807) is 0 Å². The third-order valence-electron chi connectivity index (χ3n) is 5.72. The van der Waals surface area contributed by atoms with Crippen LogP contribution >= 0.6 is 0 Å². The van der Waals surface area contributed by atoms with Crippen molar-refractivity contribution in [3.63, 3.8) is 0 Å². The molecule has 12 heteroatoms. The molecule has 8 nitrogen and oxygen atoms in total. The highest BCUT2D eigenvalue weighted by Gasteiger charge is 2.31. The monoisotopic (exact) mass is 491 g/mol. The molecule has 4 rings (SSSR count). The normalized spacial score (nSPS) is 14.8. The molecule has 1 amide bonds. The van der Waals surface area contributed by atoms with Crippen LogP contribution in [-0.2, 0) is 12.7 Å². The van der Waals surface area contributed by atoms with Gasteiger partial charge in [0, 0.05) is 26.2 Å². The van der Waals surface area contributed by atoms with Gasteiger partial charge in [-0.15, -0.1) is 0 Å². The molecule has 0 saturated carbocycles. The van der Waals surface area contributed by atoms with Crippen molar-refractivity contribution >= 4 is 5.91 Å². The fraction of sp³-hybridized carbons (Fsp3) is 0.304. The molecule has 2 heterocycles. The Morgan fingerprint density at radius 1 is 1.00 bits per heavy atom. The van der Waals surface area contributed by atoms with Gasteiger partial charge in [0.05, 0.1) is 17.8 Å². The summed E-state index contributed by atoms with van der Waals surface area (Å²) in [5.41, 5.74) is -3.50. The summed E-state index contributed by atoms with van der Waals surface area (Å²) in [5, 5.41) is 3.91. The van der Waals surface area contributed by atoms with Gasteiger partial charge < -0.3 is 9.80 Å². The molecule has 0 spiro atoms. The van der Waals surface area contributed by atoms with Crippen LogP contribution in [0.4, 0.5) is 17.6 Å². The summed E-state index contributed by atoms with van der Waals surface area (Å²) >= 11 is 0. The fourth-order valence-corrected chi connectivity index (χ4v) is 3.70. The van der Waals surface area contributed by atoms with Gasteiger partial charge in [-0.05, 0) is 42.9 Å². The van der Waals surface area contributed by atoms with E-state index in [0.717, 1.165) is 24.3 Å². The molecule has 0 atom stereocenters. The fourth-order valence-electron chi connectivity index (χ4n) is 3.70. The number of nitrogens with zero attached hydrogens (tertiary/aromatic N) is 5. The van der Waals surface area contributed by atoms with Crippen molar-refractivity contribution in [1.29, 1.82) is 0 Å². The molecule has 184 valence electrons. The van der Waals surface area contributed by atoms with Crippen LogP contribution in [0.3, 0.4) is 0 Å². The van der Waals surface area contributed by atoms with Crippen LogP contribution in [0.2, 0.25) is 0 Å². The summed E-state index contributed by atoms with van der Waals surface area (Å²) in [6, 6.07) is 8.87. The Morgan fingerprint density at radius 3 is 2.29 bits per heavy atom. The highest BCUT2D eigenvalue weighted by molar-refractivity contribution is 5.92. The number of hydrogen-bond donors (Lipinski definition) is 0. The molecule has 0 bridgehead atoms. The number of halogens is 4. The maximum absolute atomic E-state index is 13.3. The van der Waals surface area contributed by atoms with Crippen molar-refractivity contribution < 1.29 is 22.4 Å². The van der Waals surface area contributed by atoms with E-state index < -0.39 is 40.4 Å². The van der Waals surface area contributed by atoms with E-state index in [9.17, 15) is 31.9 Å². The first kappa shape index (κ1) is 24.3. The Balaban J connectivity index is 1.86. The van der Waals surface area contributed by atoms with Crippen LogP contribution in [-0.4, -0.2) is 63.3 Å². The third-order valence-corrected chi connectivity index (χ3v) is 5.72. The van der Waals surface area contributed by atoms with E-state index in [4.69, 9.17) is 0 Å². The predicted molar refractivity (Wildman–Crippen MR) is 118 cm³/mol. The molecular weight excluding hydrogens is 470 g/mol. The Morgan fingerprint density at radius 2 is 1.66 bits per heavy atom. The number of rotatable bonds is 4. The zero-order chi connectivity index (χ0) is 25.3. The van der Waals surface area contributed by atoms with Crippen LogP contribution in [0, 0.1) is 5.82 Å². The van der Waals surface area contributed by atoms with Crippen LogP contribution < -0.4 is 11.2 Å². The molecule has 1 fully saturated rings. The number of benzene rings is 2. The summed E-state index contributed by atoms with van der Waals surface area (Å²) in [7, 11) is 1.88. The largest absolute Gasteiger partial charge is 0.416 e. The Bertz CT molecular complexity index is 1360. The second kappa shape index (κ2) is 9.45. The van der Waals surface area contributed by atoms with Crippen LogP contribution in [0.1, 0.15) is 21.6 Å². The van der Waals surface area contributed by atoms with Gasteiger partial charge in [0.2, 0.25) is 5.69 Å². The minimum atomic E-state index is -4.68. The molecule has 0 unspecified atom stereocenters. The van der Waals surface area contributed by atoms with Gasteiger partial charge in [0.25, 0.3) is 11.5 Å². The number of piperazine rings is 1. The number of alkyl halides is 3. The van der Waals surface area contributed by atoms with Crippen molar-refractivity contribution in [2.75, 3.05) is 33.2 Å². The molecule has 35 heavy (non-hydrogen) atoms. The molecule has 0 N–H and O–H groups in total. The minimum Gasteiger partial charge on any atom is -0.335 e. The lowest BCUT2D eigenvalue weighted by molar-refractivity contribution is -0.137. The Labute approximate surface area is 196 Å². The van der Waals surface area contributed by atoms with Crippen LogP contribution in [0.25, 0.3) is 5.69 Å². The molecule has 2 aromatic carbocycles. The van der Waals surface area contributed by atoms with E-state index in [0.29, 0.717) is 47.1 Å². The maximum atomic E-state index is 13.3. The molecule has 1 aliphatic rings. The van der Waals surface area contributed by atoms with Gasteiger partial charge in [-0.25, -0.2) is 9.18 Å². The number of carbonyl (C=O) groups is 1. The van der Waals surface area contributed by atoms with Gasteiger partial charge in [-0.1, -0.05) is 18.2 Å². The van der Waals surface area contributed by atoms with E-state index in [1.807, 2.05) is 11.9 Å². The van der Waals surface area contributed by atoms with E-state index >= 15 is 0 Å². The van der Waals surface area contributed by atoms with Gasteiger partial charge in [0.1, 0.15) is 5.82 Å². The number of hydrogen-bond acceptors (Lipinski definition) is 5. The second-order valence-electron chi connectivity index (χ2n) is 8.20. The summed E-state index contributed by atoms with van der Waals surface area (Å²) in [6.07, 6.45) is -4.68. The highest BCUT2D eigenvalue weighted by Crippen LogP contribution is 2.30. The average Bonchev–Trinajstić information content (AvgIpc) is 2.83. The lowest BCUT2D eigenvalue weighted by Gasteiger charge is -2.32. The lowest BCUT2D eigenvalue weighted by Crippen LogP contribution is -2.51. The number of likely N-dealkylation sites (N-methyl/N-ethyl adjacent to an activating group) is 1. The highest BCUT2D eigenvalue weighted by atomic mass is 19.4. The van der Waals surface area contributed by atoms with E-state index in [-0.39, 0.29) is 12.2 Å². The van der Waals surface area contributed by atoms with Gasteiger partial charge in [-0.2, -0.15) is 23.0 Å². The lowest BCUT2D eigenvalue weighted by atomic mass is 10.2. The molecular formula is C23H21F4N5O3. The SMILES string of the molecule is CN1CCN(C(=O)c2nn(-c3cccc(C(F)(F)F)c3)c(=O)n(Cc3ccc(F)cc3)c2=O)CC1. The zero-order valence-electron chi connectivity index (χ0n) is 18.6. The number of aromatic nitrogens is 3. The van der Waals surface area contributed by atoms with Crippen molar-refractivity contribution in [3.05, 3.63) is 92.0 Å². The topological polar surface area (TPSA) is 80.4 Å². The second-order valence-corrected chi connectivity index (χ2v) is 8.20. The first-order chi connectivity index (χ1) is 16.5. The quantitative estimate of drug-likeness (QED) is 0.522.